The molecule has 4 heteroatoms. The molecule has 1 aliphatic heterocycles. The highest BCUT2D eigenvalue weighted by atomic mass is 16.2. The summed E-state index contributed by atoms with van der Waals surface area (Å²) in [4.78, 5) is 17.1. The molecule has 1 aliphatic carbocycles. The molecule has 4 nitrogen and oxygen atoms in total. The van der Waals surface area contributed by atoms with Crippen LogP contribution in [0.25, 0.3) is 0 Å². The van der Waals surface area contributed by atoms with Gasteiger partial charge in [0.25, 0.3) is 0 Å². The number of carbonyl (C=O) groups is 1. The van der Waals surface area contributed by atoms with E-state index in [1.54, 1.807) is 0 Å². The van der Waals surface area contributed by atoms with Gasteiger partial charge in [-0.05, 0) is 39.3 Å². The number of nitrogens with zero attached hydrogens (tertiary/aromatic N) is 2. The molecule has 1 atom stereocenters. The summed E-state index contributed by atoms with van der Waals surface area (Å²) in [6.45, 7) is 6.18. The van der Waals surface area contributed by atoms with Gasteiger partial charge in [0.05, 0.1) is 12.2 Å². The molecule has 110 valence electrons. The molecule has 0 aromatic carbocycles. The van der Waals surface area contributed by atoms with Crippen LogP contribution >= 0.6 is 0 Å². The molecule has 1 amide bonds. The van der Waals surface area contributed by atoms with Crippen LogP contribution in [0.1, 0.15) is 46.0 Å². The standard InChI is InChI=1S/C15H29N3O/c1-12(2)9-13(10-17(3)4)18-11-16-15(14(18)19)7-5-6-8-15/h12-13,16H,5-11H2,1-4H3. The third kappa shape index (κ3) is 3.11. The van der Waals surface area contributed by atoms with Gasteiger partial charge >= 0.3 is 0 Å². The zero-order valence-corrected chi connectivity index (χ0v) is 12.9. The van der Waals surface area contributed by atoms with Gasteiger partial charge in [-0.1, -0.05) is 26.7 Å². The van der Waals surface area contributed by atoms with Gasteiger partial charge in [-0.15, -0.1) is 0 Å². The summed E-state index contributed by atoms with van der Waals surface area (Å²) in [7, 11) is 4.18. The van der Waals surface area contributed by atoms with Gasteiger partial charge in [0.2, 0.25) is 5.91 Å². The zero-order chi connectivity index (χ0) is 14.0. The number of carbonyl (C=O) groups excluding carboxylic acids is 1. The maximum absolute atomic E-state index is 12.8. The minimum atomic E-state index is -0.207. The number of hydrogen-bond donors (Lipinski definition) is 1. The fourth-order valence-electron chi connectivity index (χ4n) is 3.59. The summed E-state index contributed by atoms with van der Waals surface area (Å²) in [5.41, 5.74) is -0.207. The Balaban J connectivity index is 2.07. The van der Waals surface area contributed by atoms with Gasteiger partial charge in [-0.25, -0.2) is 0 Å². The summed E-state index contributed by atoms with van der Waals surface area (Å²) < 4.78 is 0. The predicted molar refractivity (Wildman–Crippen MR) is 77.8 cm³/mol. The average Bonchev–Trinajstić information content (AvgIpc) is 2.88. The molecule has 0 aromatic rings. The highest BCUT2D eigenvalue weighted by Crippen LogP contribution is 2.35. The largest absolute Gasteiger partial charge is 0.324 e. The Kier molecular flexibility index (Phi) is 4.51. The molecule has 2 aliphatic rings. The minimum Gasteiger partial charge on any atom is -0.324 e. The lowest BCUT2D eigenvalue weighted by atomic mass is 9.96. The third-order valence-corrected chi connectivity index (χ3v) is 4.48. The number of rotatable bonds is 5. The molecule has 0 bridgehead atoms. The first kappa shape index (κ1) is 14.8. The van der Waals surface area contributed by atoms with Crippen molar-refractivity contribution in [2.45, 2.75) is 57.5 Å². The summed E-state index contributed by atoms with van der Waals surface area (Å²) in [5, 5.41) is 3.52. The topological polar surface area (TPSA) is 35.6 Å². The predicted octanol–water partition coefficient (Wildman–Crippen LogP) is 1.66. The Hall–Kier alpha value is -0.610. The van der Waals surface area contributed by atoms with E-state index in [0.717, 1.165) is 32.5 Å². The first-order valence-electron chi connectivity index (χ1n) is 7.65. The number of amides is 1. The summed E-state index contributed by atoms with van der Waals surface area (Å²) in [6, 6.07) is 0.343. The van der Waals surface area contributed by atoms with Gasteiger partial charge in [0, 0.05) is 12.6 Å². The molecule has 19 heavy (non-hydrogen) atoms. The molecule has 2 rings (SSSR count). The van der Waals surface area contributed by atoms with Gasteiger partial charge < -0.3 is 9.80 Å². The zero-order valence-electron chi connectivity index (χ0n) is 12.9. The van der Waals surface area contributed by atoms with E-state index in [0.29, 0.717) is 17.9 Å². The van der Waals surface area contributed by atoms with Crippen molar-refractivity contribution >= 4 is 5.91 Å². The second-order valence-electron chi connectivity index (χ2n) is 6.94. The molecule has 1 spiro atoms. The van der Waals surface area contributed by atoms with E-state index in [2.05, 4.69) is 43.1 Å². The minimum absolute atomic E-state index is 0.207. The second kappa shape index (κ2) is 5.80. The number of nitrogens with one attached hydrogen (secondary N) is 1. The van der Waals surface area contributed by atoms with Crippen LogP contribution in [0.4, 0.5) is 0 Å². The maximum atomic E-state index is 12.8. The van der Waals surface area contributed by atoms with E-state index in [1.165, 1.54) is 12.8 Å². The lowest BCUT2D eigenvalue weighted by Crippen LogP contribution is -2.48. The van der Waals surface area contributed by atoms with Crippen molar-refractivity contribution in [2.24, 2.45) is 5.92 Å². The molecule has 1 heterocycles. The van der Waals surface area contributed by atoms with Crippen molar-refractivity contribution in [3.05, 3.63) is 0 Å². The molecule has 1 saturated heterocycles. The Morgan fingerprint density at radius 1 is 1.32 bits per heavy atom. The highest BCUT2D eigenvalue weighted by molar-refractivity contribution is 5.89. The molecule has 1 N–H and O–H groups in total. The average molecular weight is 267 g/mol. The Morgan fingerprint density at radius 2 is 1.95 bits per heavy atom. The number of hydrogen-bond acceptors (Lipinski definition) is 3. The summed E-state index contributed by atoms with van der Waals surface area (Å²) in [6.07, 6.45) is 5.52. The van der Waals surface area contributed by atoms with Crippen LogP contribution < -0.4 is 5.32 Å². The normalized spacial score (nSPS) is 24.1. The lowest BCUT2D eigenvalue weighted by Gasteiger charge is -2.32. The molecule has 0 aromatic heterocycles. The lowest BCUT2D eigenvalue weighted by molar-refractivity contribution is -0.134. The molecule has 0 radical (unpaired) electrons. The second-order valence-corrected chi connectivity index (χ2v) is 6.94. The van der Waals surface area contributed by atoms with E-state index < -0.39 is 0 Å². The van der Waals surface area contributed by atoms with Crippen LogP contribution in [-0.2, 0) is 4.79 Å². The third-order valence-electron chi connectivity index (χ3n) is 4.48. The van der Waals surface area contributed by atoms with Gasteiger partial charge in [0.15, 0.2) is 0 Å². The Morgan fingerprint density at radius 3 is 2.47 bits per heavy atom. The quantitative estimate of drug-likeness (QED) is 0.823. The molecule has 1 unspecified atom stereocenters. The van der Waals surface area contributed by atoms with Crippen LogP contribution in [-0.4, -0.2) is 54.6 Å². The van der Waals surface area contributed by atoms with Crippen molar-refractivity contribution in [1.29, 1.82) is 0 Å². The number of likely N-dealkylation sites (N-methyl/N-ethyl adjacent to an activating group) is 1. The van der Waals surface area contributed by atoms with Crippen molar-refractivity contribution in [1.82, 2.24) is 15.1 Å². The van der Waals surface area contributed by atoms with E-state index in [9.17, 15) is 4.79 Å². The molecular weight excluding hydrogens is 238 g/mol. The van der Waals surface area contributed by atoms with Gasteiger partial charge in [0.1, 0.15) is 0 Å². The van der Waals surface area contributed by atoms with E-state index in [1.807, 2.05) is 0 Å². The van der Waals surface area contributed by atoms with E-state index in [4.69, 9.17) is 0 Å². The fourth-order valence-corrected chi connectivity index (χ4v) is 3.59. The summed E-state index contributed by atoms with van der Waals surface area (Å²) in [5.74, 6) is 0.982. The van der Waals surface area contributed by atoms with Crippen LogP contribution in [0.15, 0.2) is 0 Å². The van der Waals surface area contributed by atoms with E-state index in [-0.39, 0.29) is 5.54 Å². The van der Waals surface area contributed by atoms with Gasteiger partial charge in [-0.2, -0.15) is 0 Å². The summed E-state index contributed by atoms with van der Waals surface area (Å²) >= 11 is 0. The van der Waals surface area contributed by atoms with E-state index >= 15 is 0 Å². The van der Waals surface area contributed by atoms with Crippen molar-refractivity contribution in [3.63, 3.8) is 0 Å². The smallest absolute Gasteiger partial charge is 0.244 e. The molecule has 1 saturated carbocycles. The maximum Gasteiger partial charge on any atom is 0.244 e. The SMILES string of the molecule is CC(C)CC(CN(C)C)N1CNC2(CCCC2)C1=O. The Bertz CT molecular complexity index is 311. The first-order valence-corrected chi connectivity index (χ1v) is 7.65. The van der Waals surface area contributed by atoms with Crippen molar-refractivity contribution < 1.29 is 4.79 Å². The fraction of sp³-hybridized carbons (Fsp3) is 0.933. The van der Waals surface area contributed by atoms with Crippen LogP contribution in [0.3, 0.4) is 0 Å². The van der Waals surface area contributed by atoms with Crippen molar-refractivity contribution in [2.75, 3.05) is 27.3 Å². The highest BCUT2D eigenvalue weighted by Gasteiger charge is 2.49. The van der Waals surface area contributed by atoms with Crippen molar-refractivity contribution in [3.8, 4) is 0 Å². The molecule has 2 fully saturated rings. The Labute approximate surface area is 117 Å². The first-order chi connectivity index (χ1) is 8.94. The van der Waals surface area contributed by atoms with Crippen LogP contribution in [0.5, 0.6) is 0 Å². The monoisotopic (exact) mass is 267 g/mol. The van der Waals surface area contributed by atoms with Gasteiger partial charge in [-0.3, -0.25) is 10.1 Å². The van der Waals surface area contributed by atoms with Crippen LogP contribution in [0, 0.1) is 5.92 Å². The van der Waals surface area contributed by atoms with Crippen LogP contribution in [0.2, 0.25) is 0 Å². The molecular formula is C15H29N3O.